The molecule has 26 heavy (non-hydrogen) atoms. The van der Waals surface area contributed by atoms with E-state index in [1.165, 1.54) is 59.0 Å². The van der Waals surface area contributed by atoms with Crippen LogP contribution in [-0.2, 0) is 10.4 Å². The Kier molecular flexibility index (Phi) is 9.63. The van der Waals surface area contributed by atoms with Crippen LogP contribution in [0, 0.1) is 5.82 Å². The van der Waals surface area contributed by atoms with E-state index in [9.17, 15) is 14.3 Å². The van der Waals surface area contributed by atoms with Gasteiger partial charge in [0.05, 0.1) is 19.8 Å². The molecule has 4 nitrogen and oxygen atoms in total. The van der Waals surface area contributed by atoms with Gasteiger partial charge < -0.3 is 14.6 Å². The zero-order valence-corrected chi connectivity index (χ0v) is 16.6. The maximum absolute atomic E-state index is 14.3. The highest BCUT2D eigenvalue weighted by Crippen LogP contribution is 2.36. The second-order valence-corrected chi connectivity index (χ2v) is 7.05. The van der Waals surface area contributed by atoms with Gasteiger partial charge in [-0.15, -0.1) is 0 Å². The molecule has 0 aliphatic rings. The lowest BCUT2D eigenvalue weighted by molar-refractivity contribution is -0.123. The van der Waals surface area contributed by atoms with E-state index in [-0.39, 0.29) is 23.5 Å². The molecular weight excluding hydrogens is 335 g/mol. The Morgan fingerprint density at radius 3 is 2.15 bits per heavy atom. The average Bonchev–Trinajstić information content (AvgIpc) is 2.59. The Morgan fingerprint density at radius 1 is 1.04 bits per heavy atom. The van der Waals surface area contributed by atoms with Crippen LogP contribution in [0.5, 0.6) is 11.5 Å². The molecule has 0 fully saturated rings. The number of carbonyl (C=O) groups is 1. The van der Waals surface area contributed by atoms with Crippen molar-refractivity contribution in [2.75, 3.05) is 14.2 Å². The molecule has 0 bridgehead atoms. The van der Waals surface area contributed by atoms with Gasteiger partial charge in [0.15, 0.2) is 11.5 Å². The number of rotatable bonds is 13. The minimum absolute atomic E-state index is 0.0445. The van der Waals surface area contributed by atoms with E-state index in [1.807, 2.05) is 0 Å². The number of hydrogen-bond acceptors (Lipinski definition) is 4. The van der Waals surface area contributed by atoms with Crippen LogP contribution in [0.1, 0.15) is 77.2 Å². The normalized spacial score (nSPS) is 13.3. The molecule has 1 rings (SSSR count). The molecule has 0 aromatic heterocycles. The molecule has 0 heterocycles. The van der Waals surface area contributed by atoms with Gasteiger partial charge >= 0.3 is 0 Å². The summed E-state index contributed by atoms with van der Waals surface area (Å²) in [6, 6.07) is 2.57. The summed E-state index contributed by atoms with van der Waals surface area (Å²) in [6.07, 6.45) is 8.20. The Balaban J connectivity index is 2.58. The highest BCUT2D eigenvalue weighted by atomic mass is 19.1. The molecule has 0 saturated carbocycles. The van der Waals surface area contributed by atoms with E-state index in [2.05, 4.69) is 6.92 Å². The number of unbranched alkanes of at least 4 members (excludes halogenated alkanes) is 6. The summed E-state index contributed by atoms with van der Waals surface area (Å²) in [5.41, 5.74) is -1.54. The molecule has 1 aromatic rings. The fraction of sp³-hybridized carbons (Fsp3) is 0.667. The number of ketones is 1. The Labute approximate surface area is 156 Å². The molecule has 1 N–H and O–H groups in total. The monoisotopic (exact) mass is 368 g/mol. The van der Waals surface area contributed by atoms with Crippen LogP contribution in [-0.4, -0.2) is 25.1 Å². The van der Waals surface area contributed by atoms with Gasteiger partial charge in [0, 0.05) is 24.5 Å². The van der Waals surface area contributed by atoms with Crippen molar-refractivity contribution in [3.05, 3.63) is 23.5 Å². The first-order valence-electron chi connectivity index (χ1n) is 9.51. The van der Waals surface area contributed by atoms with E-state index in [0.29, 0.717) is 12.2 Å². The van der Waals surface area contributed by atoms with Crippen molar-refractivity contribution in [3.63, 3.8) is 0 Å². The van der Waals surface area contributed by atoms with Gasteiger partial charge in [-0.2, -0.15) is 0 Å². The van der Waals surface area contributed by atoms with Crippen molar-refractivity contribution in [1.29, 1.82) is 0 Å². The van der Waals surface area contributed by atoms with Crippen LogP contribution in [0.25, 0.3) is 0 Å². The summed E-state index contributed by atoms with van der Waals surface area (Å²) < 4.78 is 24.6. The number of hydrogen-bond donors (Lipinski definition) is 1. The SMILES string of the molecule is CCCCCCCCCC(=O)CC(C)(O)c1cc(OC)c(OC)cc1F. The van der Waals surface area contributed by atoms with Crippen molar-refractivity contribution in [2.45, 2.75) is 77.2 Å². The molecule has 0 spiro atoms. The summed E-state index contributed by atoms with van der Waals surface area (Å²) >= 11 is 0. The predicted octanol–water partition coefficient (Wildman–Crippen LogP) is 5.15. The van der Waals surface area contributed by atoms with Gasteiger partial charge in [0.1, 0.15) is 11.6 Å². The zero-order valence-electron chi connectivity index (χ0n) is 16.6. The first kappa shape index (κ1) is 22.4. The lowest BCUT2D eigenvalue weighted by atomic mass is 9.88. The minimum atomic E-state index is -1.58. The molecule has 1 aromatic carbocycles. The van der Waals surface area contributed by atoms with Crippen LogP contribution in [0.3, 0.4) is 0 Å². The number of ether oxygens (including phenoxy) is 2. The van der Waals surface area contributed by atoms with Gasteiger partial charge in [0.25, 0.3) is 0 Å². The Bertz CT molecular complexity index is 569. The quantitative estimate of drug-likeness (QED) is 0.489. The second kappa shape index (κ2) is 11.2. The zero-order chi connectivity index (χ0) is 19.6. The summed E-state index contributed by atoms with van der Waals surface area (Å²) in [6.45, 7) is 3.64. The standard InChI is InChI=1S/C21H33FO4/c1-5-6-7-8-9-10-11-12-16(23)15-21(2,24)17-13-19(25-3)20(26-4)14-18(17)22/h13-14,24H,5-12,15H2,1-4H3. The van der Waals surface area contributed by atoms with Crippen molar-refractivity contribution in [1.82, 2.24) is 0 Å². The van der Waals surface area contributed by atoms with Crippen LogP contribution >= 0.6 is 0 Å². The predicted molar refractivity (Wildman–Crippen MR) is 101 cm³/mol. The molecule has 0 aliphatic heterocycles. The van der Waals surface area contributed by atoms with Crippen LogP contribution in [0.15, 0.2) is 12.1 Å². The Morgan fingerprint density at radius 2 is 1.58 bits per heavy atom. The van der Waals surface area contributed by atoms with E-state index < -0.39 is 11.4 Å². The number of Topliss-reactive ketones (excluding diaryl/α,β-unsaturated/α-hetero) is 1. The Hall–Kier alpha value is -1.62. The van der Waals surface area contributed by atoms with E-state index in [4.69, 9.17) is 9.47 Å². The maximum atomic E-state index is 14.3. The summed E-state index contributed by atoms with van der Waals surface area (Å²) in [5.74, 6) is -0.100. The summed E-state index contributed by atoms with van der Waals surface area (Å²) in [4.78, 5) is 12.2. The fourth-order valence-corrected chi connectivity index (χ4v) is 3.11. The van der Waals surface area contributed by atoms with Gasteiger partial charge in [-0.25, -0.2) is 4.39 Å². The van der Waals surface area contributed by atoms with Crippen molar-refractivity contribution >= 4 is 5.78 Å². The van der Waals surface area contributed by atoms with Crippen molar-refractivity contribution in [3.8, 4) is 11.5 Å². The third kappa shape index (κ3) is 6.94. The minimum Gasteiger partial charge on any atom is -0.493 e. The van der Waals surface area contributed by atoms with Crippen LogP contribution in [0.2, 0.25) is 0 Å². The number of methoxy groups -OCH3 is 2. The molecule has 148 valence electrons. The lowest BCUT2D eigenvalue weighted by Gasteiger charge is -2.25. The number of benzene rings is 1. The van der Waals surface area contributed by atoms with Gasteiger partial charge in [-0.1, -0.05) is 45.4 Å². The molecule has 0 saturated heterocycles. The van der Waals surface area contributed by atoms with Crippen molar-refractivity contribution in [2.24, 2.45) is 0 Å². The number of halogens is 1. The largest absolute Gasteiger partial charge is 0.493 e. The smallest absolute Gasteiger partial charge is 0.163 e. The summed E-state index contributed by atoms with van der Waals surface area (Å²) in [5, 5.41) is 10.7. The van der Waals surface area contributed by atoms with Crippen LogP contribution < -0.4 is 9.47 Å². The highest BCUT2D eigenvalue weighted by Gasteiger charge is 2.30. The third-order valence-electron chi connectivity index (χ3n) is 4.65. The first-order valence-corrected chi connectivity index (χ1v) is 9.51. The highest BCUT2D eigenvalue weighted by molar-refractivity contribution is 5.79. The molecule has 1 unspecified atom stereocenters. The molecule has 5 heteroatoms. The molecular formula is C21H33FO4. The van der Waals surface area contributed by atoms with E-state index in [1.54, 1.807) is 0 Å². The topological polar surface area (TPSA) is 55.8 Å². The van der Waals surface area contributed by atoms with Crippen molar-refractivity contribution < 1.29 is 23.8 Å². The van der Waals surface area contributed by atoms with Gasteiger partial charge in [0.2, 0.25) is 0 Å². The summed E-state index contributed by atoms with van der Waals surface area (Å²) in [7, 11) is 2.86. The van der Waals surface area contributed by atoms with E-state index in [0.717, 1.165) is 19.3 Å². The molecule has 0 radical (unpaired) electrons. The van der Waals surface area contributed by atoms with Gasteiger partial charge in [-0.05, 0) is 19.4 Å². The van der Waals surface area contributed by atoms with Crippen LogP contribution in [0.4, 0.5) is 4.39 Å². The van der Waals surface area contributed by atoms with Gasteiger partial charge in [-0.3, -0.25) is 4.79 Å². The number of aliphatic hydroxyl groups is 1. The lowest BCUT2D eigenvalue weighted by Crippen LogP contribution is -2.26. The average molecular weight is 368 g/mol. The first-order chi connectivity index (χ1) is 12.4. The maximum Gasteiger partial charge on any atom is 0.163 e. The van der Waals surface area contributed by atoms with E-state index >= 15 is 0 Å². The molecule has 0 aliphatic carbocycles. The fourth-order valence-electron chi connectivity index (χ4n) is 3.11. The molecule has 0 amide bonds. The third-order valence-corrected chi connectivity index (χ3v) is 4.65. The molecule has 1 atom stereocenters. The second-order valence-electron chi connectivity index (χ2n) is 7.05. The number of carbonyl (C=O) groups excluding carboxylic acids is 1.